The van der Waals surface area contributed by atoms with E-state index in [1.54, 1.807) is 0 Å². The van der Waals surface area contributed by atoms with E-state index in [4.69, 9.17) is 0 Å². The van der Waals surface area contributed by atoms with Gasteiger partial charge in [0.05, 0.1) is 10.2 Å². The fourth-order valence-electron chi connectivity index (χ4n) is 1.85. The van der Waals surface area contributed by atoms with Crippen LogP contribution in [0.1, 0.15) is 20.9 Å². The van der Waals surface area contributed by atoms with Crippen molar-refractivity contribution in [3.63, 3.8) is 0 Å². The number of benzene rings is 2. The molecule has 4 heteroatoms. The molecule has 3 aromatic rings. The first kappa shape index (κ1) is 12.5. The average Bonchev–Trinajstić information content (AvgIpc) is 2.81. The Kier molecular flexibility index (Phi) is 3.21. The summed E-state index contributed by atoms with van der Waals surface area (Å²) in [5.74, 6) is -0.0219. The quantitative estimate of drug-likeness (QED) is 0.642. The predicted octanol–water partition coefficient (Wildman–Crippen LogP) is 4.60. The van der Waals surface area contributed by atoms with Crippen LogP contribution in [0, 0.1) is 6.92 Å². The minimum Gasteiger partial charge on any atom is -0.286 e. The zero-order valence-electron chi connectivity index (χ0n) is 10.2. The van der Waals surface area contributed by atoms with Crippen LogP contribution in [0.4, 0.5) is 0 Å². The number of hydrogen-bond donors (Lipinski definition) is 0. The summed E-state index contributed by atoms with van der Waals surface area (Å²) in [4.78, 5) is 16.8. The van der Waals surface area contributed by atoms with Crippen molar-refractivity contribution < 1.29 is 4.79 Å². The molecule has 0 N–H and O–H groups in total. The fraction of sp³-hybridized carbons (Fsp3) is 0.0667. The molecule has 19 heavy (non-hydrogen) atoms. The molecule has 0 saturated heterocycles. The van der Waals surface area contributed by atoms with Crippen LogP contribution in [0.3, 0.4) is 0 Å². The van der Waals surface area contributed by atoms with Gasteiger partial charge in [0.15, 0.2) is 5.01 Å². The molecule has 0 aliphatic rings. The zero-order valence-corrected chi connectivity index (χ0v) is 12.6. The van der Waals surface area contributed by atoms with Crippen LogP contribution in [-0.4, -0.2) is 10.8 Å². The minimum atomic E-state index is -0.0219. The molecular weight excluding hydrogens is 322 g/mol. The average molecular weight is 332 g/mol. The lowest BCUT2D eigenvalue weighted by molar-refractivity contribution is 0.103. The van der Waals surface area contributed by atoms with Gasteiger partial charge in [-0.1, -0.05) is 22.0 Å². The van der Waals surface area contributed by atoms with Crippen molar-refractivity contribution >= 4 is 43.3 Å². The standard InChI is InChI=1S/C15H10BrNOS/c1-9-2-7-12-13(8-9)19-15(17-12)14(18)10-3-5-11(16)6-4-10/h2-8H,1H3. The molecule has 2 aromatic carbocycles. The van der Waals surface area contributed by atoms with E-state index < -0.39 is 0 Å². The van der Waals surface area contributed by atoms with E-state index in [0.29, 0.717) is 10.6 Å². The van der Waals surface area contributed by atoms with Gasteiger partial charge in [-0.05, 0) is 48.9 Å². The summed E-state index contributed by atoms with van der Waals surface area (Å²) in [5.41, 5.74) is 2.73. The summed E-state index contributed by atoms with van der Waals surface area (Å²) in [6.45, 7) is 2.04. The van der Waals surface area contributed by atoms with Crippen molar-refractivity contribution in [1.82, 2.24) is 4.98 Å². The Balaban J connectivity index is 2.04. The number of aromatic nitrogens is 1. The maximum absolute atomic E-state index is 12.3. The number of nitrogens with zero attached hydrogens (tertiary/aromatic N) is 1. The largest absolute Gasteiger partial charge is 0.286 e. The van der Waals surface area contributed by atoms with Gasteiger partial charge in [0, 0.05) is 10.0 Å². The molecule has 1 aromatic heterocycles. The molecule has 0 saturated carbocycles. The third-order valence-electron chi connectivity index (χ3n) is 2.84. The lowest BCUT2D eigenvalue weighted by Gasteiger charge is -1.96. The van der Waals surface area contributed by atoms with Crippen LogP contribution in [-0.2, 0) is 0 Å². The summed E-state index contributed by atoms with van der Waals surface area (Å²) in [7, 11) is 0. The van der Waals surface area contributed by atoms with E-state index in [1.165, 1.54) is 16.9 Å². The highest BCUT2D eigenvalue weighted by atomic mass is 79.9. The maximum Gasteiger partial charge on any atom is 0.221 e. The number of halogens is 1. The van der Waals surface area contributed by atoms with Crippen LogP contribution in [0.2, 0.25) is 0 Å². The van der Waals surface area contributed by atoms with Gasteiger partial charge in [-0.15, -0.1) is 11.3 Å². The Labute approximate surface area is 123 Å². The highest BCUT2D eigenvalue weighted by Gasteiger charge is 2.14. The van der Waals surface area contributed by atoms with E-state index in [9.17, 15) is 4.79 Å². The molecule has 0 radical (unpaired) electrons. The molecule has 0 bridgehead atoms. The number of ketones is 1. The molecular formula is C15H10BrNOS. The summed E-state index contributed by atoms with van der Waals surface area (Å²) in [6, 6.07) is 13.4. The molecule has 1 heterocycles. The van der Waals surface area contributed by atoms with Gasteiger partial charge in [-0.3, -0.25) is 4.79 Å². The fourth-order valence-corrected chi connectivity index (χ4v) is 3.14. The topological polar surface area (TPSA) is 30.0 Å². The number of rotatable bonds is 2. The van der Waals surface area contributed by atoms with Crippen molar-refractivity contribution in [3.8, 4) is 0 Å². The molecule has 0 amide bonds. The Morgan fingerprint density at radius 1 is 1.16 bits per heavy atom. The Bertz CT molecular complexity index is 761. The van der Waals surface area contributed by atoms with Gasteiger partial charge < -0.3 is 0 Å². The van der Waals surface area contributed by atoms with Crippen molar-refractivity contribution in [3.05, 3.63) is 63.1 Å². The lowest BCUT2D eigenvalue weighted by Crippen LogP contribution is -1.99. The normalized spacial score (nSPS) is 10.8. The molecule has 0 unspecified atom stereocenters. The number of fused-ring (bicyclic) bond motifs is 1. The summed E-state index contributed by atoms with van der Waals surface area (Å²) in [5, 5.41) is 0.544. The van der Waals surface area contributed by atoms with Crippen molar-refractivity contribution in [2.75, 3.05) is 0 Å². The van der Waals surface area contributed by atoms with Gasteiger partial charge in [0.25, 0.3) is 0 Å². The Hall–Kier alpha value is -1.52. The number of hydrogen-bond acceptors (Lipinski definition) is 3. The van der Waals surface area contributed by atoms with Crippen molar-refractivity contribution in [2.24, 2.45) is 0 Å². The van der Waals surface area contributed by atoms with Crippen LogP contribution in [0.5, 0.6) is 0 Å². The molecule has 2 nitrogen and oxygen atoms in total. The van der Waals surface area contributed by atoms with Crippen LogP contribution >= 0.6 is 27.3 Å². The van der Waals surface area contributed by atoms with Gasteiger partial charge >= 0.3 is 0 Å². The molecule has 0 aliphatic heterocycles. The number of carbonyl (C=O) groups excluding carboxylic acids is 1. The highest BCUT2D eigenvalue weighted by molar-refractivity contribution is 9.10. The molecule has 0 aliphatic carbocycles. The summed E-state index contributed by atoms with van der Waals surface area (Å²) >= 11 is 4.81. The molecule has 0 fully saturated rings. The predicted molar refractivity (Wildman–Crippen MR) is 81.9 cm³/mol. The van der Waals surface area contributed by atoms with E-state index in [1.807, 2.05) is 43.3 Å². The van der Waals surface area contributed by atoms with E-state index in [2.05, 4.69) is 27.0 Å². The molecule has 0 atom stereocenters. The Morgan fingerprint density at radius 3 is 2.63 bits per heavy atom. The Morgan fingerprint density at radius 2 is 1.89 bits per heavy atom. The lowest BCUT2D eigenvalue weighted by atomic mass is 10.1. The second-order valence-corrected chi connectivity index (χ2v) is 6.27. The van der Waals surface area contributed by atoms with Crippen molar-refractivity contribution in [2.45, 2.75) is 6.92 Å². The highest BCUT2D eigenvalue weighted by Crippen LogP contribution is 2.25. The first-order chi connectivity index (χ1) is 9.13. The second-order valence-electron chi connectivity index (χ2n) is 4.33. The van der Waals surface area contributed by atoms with E-state index in [0.717, 1.165) is 14.7 Å². The maximum atomic E-state index is 12.3. The number of carbonyl (C=O) groups is 1. The van der Waals surface area contributed by atoms with Crippen LogP contribution in [0.15, 0.2) is 46.9 Å². The number of aryl methyl sites for hydroxylation is 1. The smallest absolute Gasteiger partial charge is 0.221 e. The summed E-state index contributed by atoms with van der Waals surface area (Å²) in [6.07, 6.45) is 0. The summed E-state index contributed by atoms with van der Waals surface area (Å²) < 4.78 is 2.02. The van der Waals surface area contributed by atoms with Gasteiger partial charge in [-0.25, -0.2) is 4.98 Å². The molecule has 94 valence electrons. The van der Waals surface area contributed by atoms with Crippen molar-refractivity contribution in [1.29, 1.82) is 0 Å². The van der Waals surface area contributed by atoms with Gasteiger partial charge in [0.2, 0.25) is 5.78 Å². The first-order valence-corrected chi connectivity index (χ1v) is 7.42. The monoisotopic (exact) mass is 331 g/mol. The van der Waals surface area contributed by atoms with Crippen LogP contribution < -0.4 is 0 Å². The third kappa shape index (κ3) is 2.46. The van der Waals surface area contributed by atoms with Gasteiger partial charge in [0.1, 0.15) is 0 Å². The van der Waals surface area contributed by atoms with Crippen LogP contribution in [0.25, 0.3) is 10.2 Å². The zero-order chi connectivity index (χ0) is 13.4. The second kappa shape index (κ2) is 4.87. The molecule has 3 rings (SSSR count). The van der Waals surface area contributed by atoms with E-state index >= 15 is 0 Å². The SMILES string of the molecule is Cc1ccc2nc(C(=O)c3ccc(Br)cc3)sc2c1. The first-order valence-electron chi connectivity index (χ1n) is 5.81. The molecule has 0 spiro atoms. The van der Waals surface area contributed by atoms with Gasteiger partial charge in [-0.2, -0.15) is 0 Å². The minimum absolute atomic E-state index is 0.0219. The third-order valence-corrected chi connectivity index (χ3v) is 4.39. The number of thiazole rings is 1. The van der Waals surface area contributed by atoms with E-state index in [-0.39, 0.29) is 5.78 Å².